The molecule has 0 radical (unpaired) electrons. The molecule has 0 aromatic heterocycles. The van der Waals surface area contributed by atoms with Gasteiger partial charge in [0.25, 0.3) is 0 Å². The van der Waals surface area contributed by atoms with Gasteiger partial charge >= 0.3 is 12.1 Å². The molecule has 1 saturated heterocycles. The second kappa shape index (κ2) is 8.49. The van der Waals surface area contributed by atoms with Gasteiger partial charge in [0.1, 0.15) is 5.60 Å². The molecule has 0 bridgehead atoms. The van der Waals surface area contributed by atoms with Crippen molar-refractivity contribution in [1.29, 1.82) is 0 Å². The number of rotatable bonds is 4. The van der Waals surface area contributed by atoms with E-state index in [9.17, 15) is 14.7 Å². The van der Waals surface area contributed by atoms with Crippen molar-refractivity contribution in [2.75, 3.05) is 13.1 Å². The number of carboxylic acid groups (broad SMARTS) is 1. The molecule has 1 N–H and O–H groups in total. The van der Waals surface area contributed by atoms with Gasteiger partial charge in [-0.2, -0.15) is 0 Å². The Kier molecular flexibility index (Phi) is 6.80. The largest absolute Gasteiger partial charge is 0.481 e. The maximum absolute atomic E-state index is 12.4. The lowest BCUT2D eigenvalue weighted by molar-refractivity contribution is -0.144. The fraction of sp³-hybridized carbons (Fsp3) is 0.579. The van der Waals surface area contributed by atoms with Crippen LogP contribution >= 0.6 is 23.2 Å². The van der Waals surface area contributed by atoms with Crippen LogP contribution in [0.15, 0.2) is 18.2 Å². The number of hydrogen-bond acceptors (Lipinski definition) is 3. The summed E-state index contributed by atoms with van der Waals surface area (Å²) in [4.78, 5) is 25.8. The fourth-order valence-electron chi connectivity index (χ4n) is 3.24. The highest BCUT2D eigenvalue weighted by Gasteiger charge is 2.38. The number of amides is 1. The molecule has 1 aromatic rings. The van der Waals surface area contributed by atoms with Crippen molar-refractivity contribution in [2.24, 2.45) is 5.92 Å². The minimum atomic E-state index is -0.859. The number of carbonyl (C=O) groups is 2. The van der Waals surface area contributed by atoms with Crippen LogP contribution in [0.2, 0.25) is 0 Å². The van der Waals surface area contributed by atoms with Crippen molar-refractivity contribution in [3.05, 3.63) is 34.9 Å². The summed E-state index contributed by atoms with van der Waals surface area (Å²) in [7, 11) is 0. The van der Waals surface area contributed by atoms with Gasteiger partial charge in [-0.3, -0.25) is 4.79 Å². The zero-order valence-electron chi connectivity index (χ0n) is 15.3. The molecular weight excluding hydrogens is 377 g/mol. The average Bonchev–Trinajstić information content (AvgIpc) is 2.59. The van der Waals surface area contributed by atoms with E-state index in [0.717, 1.165) is 16.7 Å². The van der Waals surface area contributed by atoms with Crippen molar-refractivity contribution in [3.63, 3.8) is 0 Å². The molecule has 2 rings (SSSR count). The highest BCUT2D eigenvalue weighted by atomic mass is 35.5. The molecule has 1 aromatic carbocycles. The number of ether oxygens (including phenoxy) is 1. The minimum Gasteiger partial charge on any atom is -0.481 e. The molecule has 0 spiro atoms. The summed E-state index contributed by atoms with van der Waals surface area (Å²) in [5.74, 6) is -1.13. The van der Waals surface area contributed by atoms with Gasteiger partial charge in [-0.25, -0.2) is 4.79 Å². The third-order valence-corrected chi connectivity index (χ3v) is 5.01. The van der Waals surface area contributed by atoms with E-state index in [4.69, 9.17) is 27.9 Å². The number of benzene rings is 1. The Morgan fingerprint density at radius 1 is 1.19 bits per heavy atom. The van der Waals surface area contributed by atoms with E-state index in [1.807, 2.05) is 39.0 Å². The van der Waals surface area contributed by atoms with E-state index in [2.05, 4.69) is 0 Å². The van der Waals surface area contributed by atoms with E-state index in [1.54, 1.807) is 4.90 Å². The van der Waals surface area contributed by atoms with Crippen LogP contribution in [0.25, 0.3) is 0 Å². The summed E-state index contributed by atoms with van der Waals surface area (Å²) < 4.78 is 5.44. The summed E-state index contributed by atoms with van der Waals surface area (Å²) in [6, 6.07) is 5.72. The van der Waals surface area contributed by atoms with Crippen molar-refractivity contribution < 1.29 is 19.4 Å². The van der Waals surface area contributed by atoms with Gasteiger partial charge < -0.3 is 14.7 Å². The number of nitrogens with zero attached hydrogens (tertiary/aromatic N) is 1. The van der Waals surface area contributed by atoms with Crippen molar-refractivity contribution >= 4 is 35.3 Å². The maximum Gasteiger partial charge on any atom is 0.410 e. The lowest BCUT2D eigenvalue weighted by atomic mass is 9.80. The number of likely N-dealkylation sites (tertiary alicyclic amines) is 1. The Bertz CT molecular complexity index is 650. The lowest BCUT2D eigenvalue weighted by Crippen LogP contribution is -2.46. The lowest BCUT2D eigenvalue weighted by Gasteiger charge is -2.37. The number of alkyl halides is 2. The minimum absolute atomic E-state index is 0.291. The molecule has 1 fully saturated rings. The molecule has 0 saturated carbocycles. The molecule has 2 atom stereocenters. The van der Waals surface area contributed by atoms with Gasteiger partial charge in [0.05, 0.1) is 5.92 Å². The second-order valence-corrected chi connectivity index (χ2v) is 8.15. The Morgan fingerprint density at radius 2 is 1.77 bits per heavy atom. The molecule has 0 aliphatic carbocycles. The van der Waals surface area contributed by atoms with Crippen LogP contribution in [0.3, 0.4) is 0 Å². The average molecular weight is 402 g/mol. The zero-order chi connectivity index (χ0) is 19.5. The van der Waals surface area contributed by atoms with Crippen LogP contribution in [0.5, 0.6) is 0 Å². The number of halogens is 2. The summed E-state index contributed by atoms with van der Waals surface area (Å²) in [6.45, 7) is 6.08. The molecule has 1 aliphatic rings. The first-order chi connectivity index (χ1) is 12.1. The highest BCUT2D eigenvalue weighted by Crippen LogP contribution is 2.35. The Hall–Kier alpha value is -1.46. The summed E-state index contributed by atoms with van der Waals surface area (Å²) in [5.41, 5.74) is 2.02. The van der Waals surface area contributed by atoms with Crippen LogP contribution in [0.1, 0.15) is 49.8 Å². The Balaban J connectivity index is 2.32. The monoisotopic (exact) mass is 401 g/mol. The van der Waals surface area contributed by atoms with E-state index < -0.39 is 23.6 Å². The molecule has 7 heteroatoms. The SMILES string of the molecule is CC(C)(C)OC(=O)N1CC[C@@H](C(=O)O)[C@H](c2cc(CCl)cc(CCl)c2)C1. The molecule has 1 heterocycles. The molecule has 0 unspecified atom stereocenters. The molecule has 1 aliphatic heterocycles. The maximum atomic E-state index is 12.4. The predicted molar refractivity (Wildman–Crippen MR) is 102 cm³/mol. The number of aliphatic carboxylic acids is 1. The van der Waals surface area contributed by atoms with Crippen LogP contribution in [-0.2, 0) is 21.3 Å². The fourth-order valence-corrected chi connectivity index (χ4v) is 3.55. The molecule has 5 nitrogen and oxygen atoms in total. The van der Waals surface area contributed by atoms with Gasteiger partial charge in [0.15, 0.2) is 0 Å². The first-order valence-electron chi connectivity index (χ1n) is 8.60. The van der Waals surface area contributed by atoms with E-state index in [-0.39, 0.29) is 5.92 Å². The van der Waals surface area contributed by atoms with Crippen LogP contribution < -0.4 is 0 Å². The number of carbonyl (C=O) groups excluding carboxylic acids is 1. The summed E-state index contributed by atoms with van der Waals surface area (Å²) in [5, 5.41) is 9.65. The van der Waals surface area contributed by atoms with E-state index >= 15 is 0 Å². The van der Waals surface area contributed by atoms with Gasteiger partial charge in [-0.15, -0.1) is 23.2 Å². The van der Waals surface area contributed by atoms with Crippen molar-refractivity contribution in [3.8, 4) is 0 Å². The third kappa shape index (κ3) is 5.27. The quantitative estimate of drug-likeness (QED) is 0.749. The number of hydrogen-bond donors (Lipinski definition) is 1. The van der Waals surface area contributed by atoms with Crippen LogP contribution in [-0.4, -0.2) is 40.8 Å². The molecular formula is C19H25Cl2NO4. The standard InChI is InChI=1S/C19H25Cl2NO4/c1-19(2,3)26-18(25)22-5-4-15(17(23)24)16(11-22)14-7-12(9-20)6-13(8-14)10-21/h6-8,15-16H,4-5,9-11H2,1-3H3,(H,23,24)/t15-,16+/m1/s1. The smallest absolute Gasteiger partial charge is 0.410 e. The second-order valence-electron chi connectivity index (χ2n) is 7.62. The number of carboxylic acids is 1. The van der Waals surface area contributed by atoms with E-state index in [0.29, 0.717) is 31.3 Å². The molecule has 144 valence electrons. The van der Waals surface area contributed by atoms with Crippen LogP contribution in [0.4, 0.5) is 4.79 Å². The molecule has 1 amide bonds. The first-order valence-corrected chi connectivity index (χ1v) is 9.67. The first kappa shape index (κ1) is 20.8. The van der Waals surface area contributed by atoms with Gasteiger partial charge in [-0.05, 0) is 43.9 Å². The van der Waals surface area contributed by atoms with E-state index in [1.165, 1.54) is 0 Å². The predicted octanol–water partition coefficient (Wildman–Crippen LogP) is 4.59. The zero-order valence-corrected chi connectivity index (χ0v) is 16.8. The third-order valence-electron chi connectivity index (χ3n) is 4.39. The Labute approximate surface area is 164 Å². The van der Waals surface area contributed by atoms with Gasteiger partial charge in [0.2, 0.25) is 0 Å². The topological polar surface area (TPSA) is 66.8 Å². The van der Waals surface area contributed by atoms with Crippen LogP contribution in [0, 0.1) is 5.92 Å². The van der Waals surface area contributed by atoms with Crippen molar-refractivity contribution in [2.45, 2.75) is 50.5 Å². The van der Waals surface area contributed by atoms with Gasteiger partial charge in [-0.1, -0.05) is 18.2 Å². The summed E-state index contributed by atoms with van der Waals surface area (Å²) >= 11 is 11.9. The molecule has 26 heavy (non-hydrogen) atoms. The van der Waals surface area contributed by atoms with Gasteiger partial charge in [0, 0.05) is 30.8 Å². The highest BCUT2D eigenvalue weighted by molar-refractivity contribution is 6.17. The number of piperidine rings is 1. The Morgan fingerprint density at radius 3 is 2.23 bits per heavy atom. The van der Waals surface area contributed by atoms with Crippen molar-refractivity contribution in [1.82, 2.24) is 4.90 Å². The normalized spacial score (nSPS) is 20.7. The summed E-state index contributed by atoms with van der Waals surface area (Å²) in [6.07, 6.45) is -0.0435.